The first-order chi connectivity index (χ1) is 9.15. The van der Waals surface area contributed by atoms with E-state index in [1.807, 2.05) is 6.92 Å². The van der Waals surface area contributed by atoms with E-state index >= 15 is 0 Å². The summed E-state index contributed by atoms with van der Waals surface area (Å²) in [5, 5.41) is 2.96. The molecule has 5 heteroatoms. The normalized spacial score (nSPS) is 15.6. The molecule has 1 aliphatic rings. The molecule has 0 saturated heterocycles. The van der Waals surface area contributed by atoms with E-state index in [1.54, 1.807) is 32.4 Å². The van der Waals surface area contributed by atoms with E-state index in [4.69, 9.17) is 4.74 Å². The predicted octanol–water partition coefficient (Wildman–Crippen LogP) is 1.75. The summed E-state index contributed by atoms with van der Waals surface area (Å²) < 4.78 is 5.10. The van der Waals surface area contributed by atoms with Crippen molar-refractivity contribution in [2.24, 2.45) is 0 Å². The molecule has 1 N–H and O–H groups in total. The van der Waals surface area contributed by atoms with Gasteiger partial charge in [0, 0.05) is 19.8 Å². The van der Waals surface area contributed by atoms with Crippen molar-refractivity contribution < 1.29 is 14.3 Å². The van der Waals surface area contributed by atoms with Crippen molar-refractivity contribution in [1.82, 2.24) is 4.90 Å². The Labute approximate surface area is 112 Å². The van der Waals surface area contributed by atoms with Crippen molar-refractivity contribution in [1.29, 1.82) is 0 Å². The van der Waals surface area contributed by atoms with Crippen LogP contribution >= 0.6 is 0 Å². The third-order valence-electron chi connectivity index (χ3n) is 3.41. The van der Waals surface area contributed by atoms with Crippen molar-refractivity contribution >= 4 is 17.5 Å². The highest BCUT2D eigenvalue weighted by Crippen LogP contribution is 2.31. The molecule has 0 saturated carbocycles. The summed E-state index contributed by atoms with van der Waals surface area (Å²) in [5.74, 6) is -0.477. The molecule has 1 heterocycles. The maximum atomic E-state index is 12.5. The number of anilines is 1. The second kappa shape index (κ2) is 5.40. The van der Waals surface area contributed by atoms with Crippen LogP contribution in [0.25, 0.3) is 0 Å². The number of carbonyl (C=O) groups is 2. The molecule has 0 aliphatic carbocycles. The number of ether oxygens (including phenoxy) is 1. The van der Waals surface area contributed by atoms with Crippen LogP contribution in [-0.2, 0) is 4.74 Å². The minimum absolute atomic E-state index is 0.220. The van der Waals surface area contributed by atoms with Crippen LogP contribution in [0.2, 0.25) is 0 Å². The number of amides is 2. The number of nitrogens with zero attached hydrogens (tertiary/aromatic N) is 1. The van der Waals surface area contributed by atoms with Crippen LogP contribution in [0.15, 0.2) is 18.2 Å². The summed E-state index contributed by atoms with van der Waals surface area (Å²) in [6.45, 7) is 2.29. The molecule has 0 spiro atoms. The van der Waals surface area contributed by atoms with E-state index in [-0.39, 0.29) is 17.9 Å². The Hall–Kier alpha value is -1.88. The summed E-state index contributed by atoms with van der Waals surface area (Å²) in [7, 11) is 3.31. The molecular weight excluding hydrogens is 244 g/mol. The molecule has 5 nitrogen and oxygen atoms in total. The van der Waals surface area contributed by atoms with Gasteiger partial charge in [0.1, 0.15) is 0 Å². The van der Waals surface area contributed by atoms with E-state index in [2.05, 4.69) is 5.32 Å². The van der Waals surface area contributed by atoms with Crippen LogP contribution < -0.4 is 5.32 Å². The molecule has 1 unspecified atom stereocenters. The summed E-state index contributed by atoms with van der Waals surface area (Å²) in [6, 6.07) is 5.04. The number of hydrogen-bond acceptors (Lipinski definition) is 4. The molecule has 0 bridgehead atoms. The number of benzene rings is 1. The molecule has 19 heavy (non-hydrogen) atoms. The smallest absolute Gasteiger partial charge is 0.263 e. The quantitative estimate of drug-likeness (QED) is 0.821. The largest absolute Gasteiger partial charge is 0.387 e. The summed E-state index contributed by atoms with van der Waals surface area (Å²) in [4.78, 5) is 26.2. The Bertz CT molecular complexity index is 513. The molecule has 0 radical (unpaired) electrons. The minimum Gasteiger partial charge on any atom is -0.387 e. The van der Waals surface area contributed by atoms with Gasteiger partial charge in [-0.25, -0.2) is 0 Å². The number of rotatable bonds is 5. The first-order valence-electron chi connectivity index (χ1n) is 6.33. The Kier molecular flexibility index (Phi) is 3.85. The zero-order valence-corrected chi connectivity index (χ0v) is 11.4. The molecule has 2 amide bonds. The van der Waals surface area contributed by atoms with Gasteiger partial charge in [-0.15, -0.1) is 0 Å². The zero-order chi connectivity index (χ0) is 14.0. The molecule has 1 aromatic carbocycles. The highest BCUT2D eigenvalue weighted by Gasteiger charge is 2.40. The van der Waals surface area contributed by atoms with Crippen molar-refractivity contribution in [2.45, 2.75) is 19.4 Å². The Morgan fingerprint density at radius 1 is 1.32 bits per heavy atom. The summed E-state index contributed by atoms with van der Waals surface area (Å²) in [6.07, 6.45) is 0.675. The maximum absolute atomic E-state index is 12.5. The number of hydrogen-bond donors (Lipinski definition) is 1. The van der Waals surface area contributed by atoms with Gasteiger partial charge in [-0.2, -0.15) is 0 Å². The highest BCUT2D eigenvalue weighted by atomic mass is 16.5. The van der Waals surface area contributed by atoms with Crippen LogP contribution in [0.4, 0.5) is 5.69 Å². The molecule has 2 rings (SSSR count). The van der Waals surface area contributed by atoms with Gasteiger partial charge in [-0.3, -0.25) is 14.5 Å². The van der Waals surface area contributed by atoms with Crippen LogP contribution in [0, 0.1) is 0 Å². The van der Waals surface area contributed by atoms with E-state index in [9.17, 15) is 9.59 Å². The number of fused-ring (bicyclic) bond motifs is 1. The van der Waals surface area contributed by atoms with Crippen molar-refractivity contribution in [3.05, 3.63) is 29.3 Å². The van der Waals surface area contributed by atoms with Gasteiger partial charge in [-0.05, 0) is 18.6 Å². The molecular formula is C14H18N2O3. The minimum atomic E-state index is -0.242. The van der Waals surface area contributed by atoms with Crippen LogP contribution in [0.1, 0.15) is 34.1 Å². The van der Waals surface area contributed by atoms with Crippen molar-refractivity contribution in [3.63, 3.8) is 0 Å². The van der Waals surface area contributed by atoms with Gasteiger partial charge in [-0.1, -0.05) is 13.0 Å². The predicted molar refractivity (Wildman–Crippen MR) is 72.4 cm³/mol. The van der Waals surface area contributed by atoms with Gasteiger partial charge < -0.3 is 10.1 Å². The monoisotopic (exact) mass is 262 g/mol. The van der Waals surface area contributed by atoms with Gasteiger partial charge in [0.15, 0.2) is 0 Å². The van der Waals surface area contributed by atoms with Gasteiger partial charge in [0.25, 0.3) is 11.8 Å². The Morgan fingerprint density at radius 3 is 2.63 bits per heavy atom. The second-order valence-corrected chi connectivity index (χ2v) is 4.48. The molecule has 1 aromatic rings. The first kappa shape index (κ1) is 13.5. The fourth-order valence-electron chi connectivity index (χ4n) is 2.41. The van der Waals surface area contributed by atoms with Crippen LogP contribution in [0.3, 0.4) is 0 Å². The van der Waals surface area contributed by atoms with Crippen molar-refractivity contribution in [2.75, 3.05) is 26.1 Å². The van der Waals surface area contributed by atoms with Gasteiger partial charge in [0.05, 0.1) is 23.8 Å². The van der Waals surface area contributed by atoms with Gasteiger partial charge in [0.2, 0.25) is 0 Å². The molecule has 0 fully saturated rings. The maximum Gasteiger partial charge on any atom is 0.263 e. The molecule has 1 aliphatic heterocycles. The van der Waals surface area contributed by atoms with E-state index in [0.29, 0.717) is 29.8 Å². The summed E-state index contributed by atoms with van der Waals surface area (Å²) in [5.41, 5.74) is 1.61. The SMILES string of the molecule is CCC(COC)N1C(=O)c2cccc(NC)c2C1=O. The van der Waals surface area contributed by atoms with E-state index in [0.717, 1.165) is 0 Å². The van der Waals surface area contributed by atoms with Crippen molar-refractivity contribution in [3.8, 4) is 0 Å². The lowest BCUT2D eigenvalue weighted by atomic mass is 10.1. The van der Waals surface area contributed by atoms with Gasteiger partial charge >= 0.3 is 0 Å². The number of imide groups is 1. The zero-order valence-electron chi connectivity index (χ0n) is 11.4. The van der Waals surface area contributed by atoms with E-state index < -0.39 is 0 Å². The average Bonchev–Trinajstić information content (AvgIpc) is 2.69. The fourth-order valence-corrected chi connectivity index (χ4v) is 2.41. The molecule has 0 aromatic heterocycles. The third-order valence-corrected chi connectivity index (χ3v) is 3.41. The standard InChI is InChI=1S/C14H18N2O3/c1-4-9(8-19-3)16-13(17)10-6-5-7-11(15-2)12(10)14(16)18/h5-7,9,15H,4,8H2,1-3H3. The van der Waals surface area contributed by atoms with E-state index in [1.165, 1.54) is 4.90 Å². The number of nitrogens with one attached hydrogen (secondary N) is 1. The molecule has 102 valence electrons. The number of methoxy groups -OCH3 is 1. The second-order valence-electron chi connectivity index (χ2n) is 4.48. The number of carbonyl (C=O) groups excluding carboxylic acids is 2. The third kappa shape index (κ3) is 2.10. The Balaban J connectivity index is 2.44. The van der Waals surface area contributed by atoms with Crippen LogP contribution in [-0.4, -0.2) is 43.5 Å². The van der Waals surface area contributed by atoms with Crippen LogP contribution in [0.5, 0.6) is 0 Å². The lowest BCUT2D eigenvalue weighted by Gasteiger charge is -2.24. The lowest BCUT2D eigenvalue weighted by molar-refractivity contribution is 0.0466. The topological polar surface area (TPSA) is 58.6 Å². The lowest BCUT2D eigenvalue weighted by Crippen LogP contribution is -2.42. The fraction of sp³-hybridized carbons (Fsp3) is 0.429. The average molecular weight is 262 g/mol. The summed E-state index contributed by atoms with van der Waals surface area (Å²) >= 11 is 0. The highest BCUT2D eigenvalue weighted by molar-refractivity contribution is 6.23. The molecule has 1 atom stereocenters. The first-order valence-corrected chi connectivity index (χ1v) is 6.33. The Morgan fingerprint density at radius 2 is 2.05 bits per heavy atom.